The molecule has 2 N–H and O–H groups in total. The van der Waals surface area contributed by atoms with Crippen LogP contribution in [0.25, 0.3) is 0 Å². The maximum Gasteiger partial charge on any atom is 0.303 e. The van der Waals surface area contributed by atoms with Crippen molar-refractivity contribution in [1.29, 1.82) is 0 Å². The highest BCUT2D eigenvalue weighted by molar-refractivity contribution is 5.66. The first-order chi connectivity index (χ1) is 7.04. The first kappa shape index (κ1) is 13.9. The van der Waals surface area contributed by atoms with E-state index in [1.165, 1.54) is 0 Å². The van der Waals surface area contributed by atoms with Crippen molar-refractivity contribution in [3.05, 3.63) is 25.3 Å². The Hall–Kier alpha value is -1.09. The largest absolute Gasteiger partial charge is 0.481 e. The molecule has 0 spiro atoms. The quantitative estimate of drug-likeness (QED) is 0.456. The van der Waals surface area contributed by atoms with Gasteiger partial charge in [-0.1, -0.05) is 12.2 Å². The Balaban J connectivity index is 3.89. The number of aliphatic hydroxyl groups is 1. The van der Waals surface area contributed by atoms with Crippen LogP contribution in [-0.4, -0.2) is 21.8 Å². The maximum absolute atomic E-state index is 10.3. The van der Waals surface area contributed by atoms with Gasteiger partial charge in [0.15, 0.2) is 0 Å². The molecule has 0 aliphatic rings. The van der Waals surface area contributed by atoms with E-state index in [9.17, 15) is 9.90 Å². The number of hydrogen-bond donors (Lipinski definition) is 2. The minimum absolute atomic E-state index is 0.165. The van der Waals surface area contributed by atoms with E-state index in [2.05, 4.69) is 13.2 Å². The van der Waals surface area contributed by atoms with Gasteiger partial charge in [0.2, 0.25) is 0 Å². The van der Waals surface area contributed by atoms with Crippen molar-refractivity contribution in [2.75, 3.05) is 0 Å². The highest BCUT2D eigenvalue weighted by Crippen LogP contribution is 2.23. The molecule has 0 aromatic heterocycles. The van der Waals surface area contributed by atoms with Crippen LogP contribution in [-0.2, 0) is 4.79 Å². The summed E-state index contributed by atoms with van der Waals surface area (Å²) < 4.78 is 0. The van der Waals surface area contributed by atoms with Crippen LogP contribution in [0.5, 0.6) is 0 Å². The second-order valence-corrected chi connectivity index (χ2v) is 3.81. The van der Waals surface area contributed by atoms with Crippen LogP contribution in [0.3, 0.4) is 0 Å². The molecule has 0 bridgehead atoms. The number of unbranched alkanes of at least 4 members (excludes halogenated alkanes) is 1. The lowest BCUT2D eigenvalue weighted by molar-refractivity contribution is -0.137. The molecule has 15 heavy (non-hydrogen) atoms. The van der Waals surface area contributed by atoms with Crippen LogP contribution in [0.2, 0.25) is 0 Å². The molecule has 0 aliphatic heterocycles. The highest BCUT2D eigenvalue weighted by Gasteiger charge is 2.22. The van der Waals surface area contributed by atoms with Crippen molar-refractivity contribution in [3.8, 4) is 0 Å². The summed E-state index contributed by atoms with van der Waals surface area (Å²) in [6.07, 6.45) is 6.48. The third kappa shape index (κ3) is 6.91. The monoisotopic (exact) mass is 212 g/mol. The molecule has 0 aromatic carbocycles. The minimum atomic E-state index is -0.790. The molecule has 0 saturated heterocycles. The summed E-state index contributed by atoms with van der Waals surface area (Å²) in [6.45, 7) is 7.19. The predicted octanol–water partition coefficient (Wildman–Crippen LogP) is 2.51. The molecular formula is C12H20O3. The molecule has 0 rings (SSSR count). The smallest absolute Gasteiger partial charge is 0.303 e. The number of aliphatic carboxylic acids is 1. The Morgan fingerprint density at radius 1 is 1.20 bits per heavy atom. The number of carbonyl (C=O) groups is 1. The molecular weight excluding hydrogens is 192 g/mol. The van der Waals surface area contributed by atoms with Gasteiger partial charge in [0.1, 0.15) is 0 Å². The van der Waals surface area contributed by atoms with Gasteiger partial charge in [0.25, 0.3) is 0 Å². The predicted molar refractivity (Wildman–Crippen MR) is 60.7 cm³/mol. The van der Waals surface area contributed by atoms with E-state index >= 15 is 0 Å². The van der Waals surface area contributed by atoms with Gasteiger partial charge in [0.05, 0.1) is 5.60 Å². The molecule has 0 heterocycles. The fourth-order valence-electron chi connectivity index (χ4n) is 1.56. The Morgan fingerprint density at radius 3 is 2.13 bits per heavy atom. The molecule has 0 amide bonds. The van der Waals surface area contributed by atoms with Gasteiger partial charge in [-0.05, 0) is 32.1 Å². The zero-order chi connectivity index (χ0) is 11.7. The summed E-state index contributed by atoms with van der Waals surface area (Å²) in [4.78, 5) is 10.3. The van der Waals surface area contributed by atoms with Gasteiger partial charge in [-0.2, -0.15) is 0 Å². The molecule has 0 aromatic rings. The van der Waals surface area contributed by atoms with Gasteiger partial charge in [-0.25, -0.2) is 0 Å². The first-order valence-corrected chi connectivity index (χ1v) is 5.20. The van der Waals surface area contributed by atoms with E-state index in [0.717, 1.165) is 0 Å². The van der Waals surface area contributed by atoms with Crippen molar-refractivity contribution in [3.63, 3.8) is 0 Å². The van der Waals surface area contributed by atoms with Gasteiger partial charge < -0.3 is 10.2 Å². The third-order valence-corrected chi connectivity index (χ3v) is 2.33. The third-order valence-electron chi connectivity index (χ3n) is 2.33. The zero-order valence-electron chi connectivity index (χ0n) is 9.11. The lowest BCUT2D eigenvalue weighted by Gasteiger charge is -2.25. The van der Waals surface area contributed by atoms with Crippen molar-refractivity contribution in [2.45, 2.75) is 44.1 Å². The van der Waals surface area contributed by atoms with E-state index < -0.39 is 11.6 Å². The van der Waals surface area contributed by atoms with Crippen LogP contribution in [0.1, 0.15) is 38.5 Å². The first-order valence-electron chi connectivity index (χ1n) is 5.20. The second kappa shape index (κ2) is 7.23. The summed E-state index contributed by atoms with van der Waals surface area (Å²) in [6, 6.07) is 0. The standard InChI is InChI=1S/C12H20O3/c1-3-8-12(15,9-4-2)10-6-5-7-11(13)14/h3-4,15H,1-2,5-10H2,(H,13,14). The highest BCUT2D eigenvalue weighted by atomic mass is 16.4. The normalized spacial score (nSPS) is 11.0. The number of hydrogen-bond acceptors (Lipinski definition) is 2. The summed E-state index contributed by atoms with van der Waals surface area (Å²) >= 11 is 0. The van der Waals surface area contributed by atoms with Crippen molar-refractivity contribution >= 4 is 5.97 Å². The summed E-state index contributed by atoms with van der Waals surface area (Å²) in [7, 11) is 0. The molecule has 0 saturated carbocycles. The average Bonchev–Trinajstić information content (AvgIpc) is 2.13. The molecule has 0 radical (unpaired) electrons. The van der Waals surface area contributed by atoms with Gasteiger partial charge in [-0.3, -0.25) is 4.79 Å². The molecule has 3 heteroatoms. The molecule has 86 valence electrons. The van der Waals surface area contributed by atoms with Crippen LogP contribution in [0.4, 0.5) is 0 Å². The molecule has 0 unspecified atom stereocenters. The second-order valence-electron chi connectivity index (χ2n) is 3.81. The average molecular weight is 212 g/mol. The summed E-state index contributed by atoms with van der Waals surface area (Å²) in [5.41, 5.74) is -0.790. The van der Waals surface area contributed by atoms with E-state index in [0.29, 0.717) is 32.1 Å². The Bertz CT molecular complexity index is 211. The van der Waals surface area contributed by atoms with Crippen molar-refractivity contribution in [1.82, 2.24) is 0 Å². The molecule has 0 atom stereocenters. The SMILES string of the molecule is C=CCC(O)(CC=C)CCCCC(=O)O. The minimum Gasteiger partial charge on any atom is -0.481 e. The molecule has 0 aliphatic carbocycles. The number of rotatable bonds is 9. The number of carboxylic acids is 1. The molecule has 0 fully saturated rings. The van der Waals surface area contributed by atoms with Crippen LogP contribution >= 0.6 is 0 Å². The van der Waals surface area contributed by atoms with E-state index in [1.54, 1.807) is 12.2 Å². The Kier molecular flexibility index (Phi) is 6.71. The van der Waals surface area contributed by atoms with Gasteiger partial charge in [0, 0.05) is 6.42 Å². The topological polar surface area (TPSA) is 57.5 Å². The fraction of sp³-hybridized carbons (Fsp3) is 0.583. The van der Waals surface area contributed by atoms with Crippen molar-refractivity contribution < 1.29 is 15.0 Å². The van der Waals surface area contributed by atoms with Crippen molar-refractivity contribution in [2.24, 2.45) is 0 Å². The summed E-state index contributed by atoms with van der Waals surface area (Å²) in [5, 5.41) is 18.5. The Morgan fingerprint density at radius 2 is 1.73 bits per heavy atom. The summed E-state index contributed by atoms with van der Waals surface area (Å²) in [5.74, 6) is -0.786. The van der Waals surface area contributed by atoms with Crippen LogP contribution < -0.4 is 0 Å². The Labute approximate surface area is 91.1 Å². The van der Waals surface area contributed by atoms with E-state index in [-0.39, 0.29) is 6.42 Å². The number of carboxylic acid groups (broad SMARTS) is 1. The van der Waals surface area contributed by atoms with Gasteiger partial charge in [-0.15, -0.1) is 13.2 Å². The molecule has 3 nitrogen and oxygen atoms in total. The van der Waals surface area contributed by atoms with E-state index in [1.807, 2.05) is 0 Å². The van der Waals surface area contributed by atoms with E-state index in [4.69, 9.17) is 5.11 Å². The lowest BCUT2D eigenvalue weighted by Crippen LogP contribution is -2.27. The maximum atomic E-state index is 10.3. The lowest BCUT2D eigenvalue weighted by atomic mass is 9.89. The van der Waals surface area contributed by atoms with Crippen LogP contribution in [0.15, 0.2) is 25.3 Å². The van der Waals surface area contributed by atoms with Gasteiger partial charge >= 0.3 is 5.97 Å². The zero-order valence-corrected chi connectivity index (χ0v) is 9.11. The fourth-order valence-corrected chi connectivity index (χ4v) is 1.56. The van der Waals surface area contributed by atoms with Crippen LogP contribution in [0, 0.1) is 0 Å².